The van der Waals surface area contributed by atoms with Crippen LogP contribution in [0.15, 0.2) is 0 Å². The third kappa shape index (κ3) is 2.48. The van der Waals surface area contributed by atoms with Gasteiger partial charge in [-0.25, -0.2) is 0 Å². The Kier molecular flexibility index (Phi) is 3.39. The molecule has 0 saturated carbocycles. The predicted molar refractivity (Wildman–Crippen MR) is 47.8 cm³/mol. The van der Waals surface area contributed by atoms with E-state index in [2.05, 4.69) is 21.2 Å². The van der Waals surface area contributed by atoms with Crippen molar-refractivity contribution in [3.8, 4) is 0 Å². The molecule has 1 aliphatic rings. The van der Waals surface area contributed by atoms with Crippen molar-refractivity contribution >= 4 is 38.7 Å². The first-order valence-electron chi connectivity index (χ1n) is 3.26. The minimum atomic E-state index is -0.245. The lowest BCUT2D eigenvalue weighted by Gasteiger charge is -2.07. The van der Waals surface area contributed by atoms with E-state index in [0.29, 0.717) is 0 Å². The topological polar surface area (TPSA) is 46.2 Å². The molecule has 5 heteroatoms. The van der Waals surface area contributed by atoms with Crippen molar-refractivity contribution in [1.82, 2.24) is 5.32 Å². The van der Waals surface area contributed by atoms with Crippen molar-refractivity contribution in [2.24, 2.45) is 0 Å². The molecule has 0 aromatic heterocycles. The molecule has 1 fully saturated rings. The van der Waals surface area contributed by atoms with Crippen molar-refractivity contribution in [2.45, 2.75) is 12.5 Å². The largest absolute Gasteiger partial charge is 0.345 e. The maximum Gasteiger partial charge on any atom is 0.231 e. The van der Waals surface area contributed by atoms with Gasteiger partial charge in [-0.2, -0.15) is 0 Å². The summed E-state index contributed by atoms with van der Waals surface area (Å²) in [4.78, 5) is 21.8. The lowest BCUT2D eigenvalue weighted by molar-refractivity contribution is -0.122. The monoisotopic (exact) mass is 237 g/mol. The van der Waals surface area contributed by atoms with Crippen molar-refractivity contribution in [3.05, 3.63) is 0 Å². The highest BCUT2D eigenvalue weighted by Crippen LogP contribution is 2.19. The number of carbonyl (C=O) groups excluding carboxylic acids is 2. The van der Waals surface area contributed by atoms with Crippen LogP contribution < -0.4 is 5.32 Å². The number of halogens is 1. The minimum absolute atomic E-state index is 0.0827. The van der Waals surface area contributed by atoms with E-state index >= 15 is 0 Å². The number of nitrogens with one attached hydrogen (secondary N) is 1. The third-order valence-electron chi connectivity index (χ3n) is 1.39. The van der Waals surface area contributed by atoms with Gasteiger partial charge >= 0.3 is 0 Å². The smallest absolute Gasteiger partial charge is 0.231 e. The zero-order valence-electron chi connectivity index (χ0n) is 5.80. The van der Waals surface area contributed by atoms with Gasteiger partial charge in [0.15, 0.2) is 0 Å². The molecule has 1 amide bonds. The zero-order valence-corrected chi connectivity index (χ0v) is 8.20. The molecule has 3 nitrogen and oxygen atoms in total. The Morgan fingerprint density at radius 2 is 2.55 bits per heavy atom. The first-order valence-corrected chi connectivity index (χ1v) is 5.36. The van der Waals surface area contributed by atoms with Gasteiger partial charge in [0, 0.05) is 5.75 Å². The van der Waals surface area contributed by atoms with Crippen LogP contribution in [0.3, 0.4) is 0 Å². The van der Waals surface area contributed by atoms with E-state index in [1.54, 1.807) is 0 Å². The molecule has 0 radical (unpaired) electrons. The van der Waals surface area contributed by atoms with Crippen LogP contribution in [0.2, 0.25) is 0 Å². The Bertz CT molecular complexity index is 185. The SMILES string of the molecule is O=C(CBr)N[C@H]1CCSC1=O. The highest BCUT2D eigenvalue weighted by molar-refractivity contribution is 9.09. The Hall–Kier alpha value is -0.0300. The standard InChI is InChI=1S/C6H8BrNO2S/c7-3-5(9)8-4-1-2-11-6(4)10/h4H,1-3H2,(H,8,9)/t4-/m0/s1. The minimum Gasteiger partial charge on any atom is -0.345 e. The molecule has 0 aromatic rings. The molecule has 1 aliphatic heterocycles. The summed E-state index contributed by atoms with van der Waals surface area (Å²) in [7, 11) is 0. The molecular formula is C6H8BrNO2S. The van der Waals surface area contributed by atoms with E-state index in [1.165, 1.54) is 11.8 Å². The molecule has 11 heavy (non-hydrogen) atoms. The maximum atomic E-state index is 11.0. The Balaban J connectivity index is 2.36. The van der Waals surface area contributed by atoms with Crippen LogP contribution in [0.1, 0.15) is 6.42 Å². The number of thioether (sulfide) groups is 1. The quantitative estimate of drug-likeness (QED) is 0.714. The van der Waals surface area contributed by atoms with Gasteiger partial charge in [-0.05, 0) is 6.42 Å². The molecule has 1 rings (SSSR count). The number of amides is 1. The summed E-state index contributed by atoms with van der Waals surface area (Å²) in [6.07, 6.45) is 0.766. The van der Waals surface area contributed by atoms with Crippen molar-refractivity contribution < 1.29 is 9.59 Å². The zero-order chi connectivity index (χ0) is 8.27. The lowest BCUT2D eigenvalue weighted by Crippen LogP contribution is -2.37. The summed E-state index contributed by atoms with van der Waals surface area (Å²) in [5.41, 5.74) is 0. The van der Waals surface area contributed by atoms with E-state index < -0.39 is 0 Å². The summed E-state index contributed by atoms with van der Waals surface area (Å²) in [6, 6.07) is -0.245. The van der Waals surface area contributed by atoms with E-state index in [0.717, 1.165) is 12.2 Å². The molecule has 0 aromatic carbocycles. The molecule has 1 N–H and O–H groups in total. The number of rotatable bonds is 2. The predicted octanol–water partition coefficient (Wildman–Crippen LogP) is 0.530. The second-order valence-corrected chi connectivity index (χ2v) is 3.87. The fourth-order valence-electron chi connectivity index (χ4n) is 0.860. The van der Waals surface area contributed by atoms with Gasteiger partial charge < -0.3 is 5.32 Å². The van der Waals surface area contributed by atoms with Crippen LogP contribution in [0.4, 0.5) is 0 Å². The third-order valence-corrected chi connectivity index (χ3v) is 2.91. The van der Waals surface area contributed by atoms with Gasteiger partial charge in [-0.1, -0.05) is 27.7 Å². The van der Waals surface area contributed by atoms with Gasteiger partial charge in [0.1, 0.15) is 0 Å². The second kappa shape index (κ2) is 4.11. The summed E-state index contributed by atoms with van der Waals surface area (Å²) >= 11 is 4.30. The molecular weight excluding hydrogens is 230 g/mol. The van der Waals surface area contributed by atoms with Crippen molar-refractivity contribution in [1.29, 1.82) is 0 Å². The van der Waals surface area contributed by atoms with Gasteiger partial charge in [-0.3, -0.25) is 9.59 Å². The summed E-state index contributed by atoms with van der Waals surface area (Å²) in [5.74, 6) is 0.706. The number of hydrogen-bond donors (Lipinski definition) is 1. The molecule has 1 heterocycles. The van der Waals surface area contributed by atoms with Crippen LogP contribution in [0.5, 0.6) is 0 Å². The molecule has 1 saturated heterocycles. The first kappa shape index (κ1) is 9.06. The highest BCUT2D eigenvalue weighted by atomic mass is 79.9. The van der Waals surface area contributed by atoms with Gasteiger partial charge in [0.25, 0.3) is 0 Å². The van der Waals surface area contributed by atoms with Crippen molar-refractivity contribution in [3.63, 3.8) is 0 Å². The molecule has 0 aliphatic carbocycles. The molecule has 0 spiro atoms. The number of alkyl halides is 1. The lowest BCUT2D eigenvalue weighted by atomic mass is 10.2. The maximum absolute atomic E-state index is 11.0. The fourth-order valence-corrected chi connectivity index (χ4v) is 1.95. The van der Waals surface area contributed by atoms with E-state index in [1.807, 2.05) is 0 Å². The first-order chi connectivity index (χ1) is 5.24. The molecule has 0 unspecified atom stereocenters. The Morgan fingerprint density at radius 3 is 3.00 bits per heavy atom. The summed E-state index contributed by atoms with van der Waals surface area (Å²) in [5, 5.41) is 2.97. The summed E-state index contributed by atoms with van der Waals surface area (Å²) < 4.78 is 0. The van der Waals surface area contributed by atoms with E-state index in [9.17, 15) is 9.59 Å². The van der Waals surface area contributed by atoms with Gasteiger partial charge in [0.05, 0.1) is 11.4 Å². The number of carbonyl (C=O) groups is 2. The molecule has 0 bridgehead atoms. The van der Waals surface area contributed by atoms with E-state index in [-0.39, 0.29) is 22.4 Å². The average Bonchev–Trinajstić information content (AvgIpc) is 2.37. The van der Waals surface area contributed by atoms with Crippen LogP contribution in [-0.4, -0.2) is 28.1 Å². The van der Waals surface area contributed by atoms with Gasteiger partial charge in [0.2, 0.25) is 11.0 Å². The second-order valence-electron chi connectivity index (χ2n) is 2.21. The van der Waals surface area contributed by atoms with Crippen LogP contribution in [0.25, 0.3) is 0 Å². The van der Waals surface area contributed by atoms with Crippen LogP contribution >= 0.6 is 27.7 Å². The van der Waals surface area contributed by atoms with Crippen molar-refractivity contribution in [2.75, 3.05) is 11.1 Å². The number of hydrogen-bond acceptors (Lipinski definition) is 3. The molecule has 1 atom stereocenters. The average molecular weight is 238 g/mol. The summed E-state index contributed by atoms with van der Waals surface area (Å²) in [6.45, 7) is 0. The highest BCUT2D eigenvalue weighted by Gasteiger charge is 2.25. The van der Waals surface area contributed by atoms with Crippen LogP contribution in [-0.2, 0) is 9.59 Å². The molecule has 62 valence electrons. The fraction of sp³-hybridized carbons (Fsp3) is 0.667. The Labute approximate surface area is 77.4 Å². The van der Waals surface area contributed by atoms with E-state index in [4.69, 9.17) is 0 Å². The van der Waals surface area contributed by atoms with Gasteiger partial charge in [-0.15, -0.1) is 0 Å². The Morgan fingerprint density at radius 1 is 1.82 bits per heavy atom. The normalized spacial score (nSPS) is 23.7. The van der Waals surface area contributed by atoms with Crippen LogP contribution in [0, 0.1) is 0 Å².